The van der Waals surface area contributed by atoms with Crippen molar-refractivity contribution >= 4 is 23.3 Å². The van der Waals surface area contributed by atoms with Gasteiger partial charge in [-0.05, 0) is 29.8 Å². The van der Waals surface area contributed by atoms with Crippen molar-refractivity contribution in [3.63, 3.8) is 0 Å². The number of likely N-dealkylation sites (tertiary alicyclic amines) is 1. The lowest BCUT2D eigenvalue weighted by molar-refractivity contribution is -0.144. The minimum atomic E-state index is -0.923. The third-order valence-electron chi connectivity index (χ3n) is 5.81. The maximum absolute atomic E-state index is 12.9. The molecular weight excluding hydrogens is 382 g/mol. The van der Waals surface area contributed by atoms with Gasteiger partial charge in [0, 0.05) is 44.1 Å². The Morgan fingerprint density at radius 3 is 2.30 bits per heavy atom. The SMILES string of the molecule is O=C(Nc1ccc(N2CCOCC2)cc1)[C@H]1CN(Cc2ccccc2)C[C@H]1C(=O)O. The number of ether oxygens (including phenoxy) is 1. The van der Waals surface area contributed by atoms with Crippen molar-refractivity contribution in [3.05, 3.63) is 60.2 Å². The molecule has 2 heterocycles. The molecule has 0 unspecified atom stereocenters. The van der Waals surface area contributed by atoms with E-state index in [1.807, 2.05) is 59.5 Å². The minimum absolute atomic E-state index is 0.239. The number of carboxylic acids is 1. The van der Waals surface area contributed by atoms with Crippen LogP contribution in [0.1, 0.15) is 5.56 Å². The van der Waals surface area contributed by atoms with Gasteiger partial charge in [0.2, 0.25) is 5.91 Å². The molecule has 0 aliphatic carbocycles. The number of benzene rings is 2. The van der Waals surface area contributed by atoms with Gasteiger partial charge in [0.25, 0.3) is 0 Å². The van der Waals surface area contributed by atoms with Gasteiger partial charge in [-0.1, -0.05) is 30.3 Å². The smallest absolute Gasteiger partial charge is 0.308 e. The zero-order valence-electron chi connectivity index (χ0n) is 16.9. The first-order valence-corrected chi connectivity index (χ1v) is 10.3. The average molecular weight is 409 g/mol. The lowest BCUT2D eigenvalue weighted by Gasteiger charge is -2.29. The molecule has 7 heteroatoms. The molecule has 2 N–H and O–H groups in total. The molecule has 0 radical (unpaired) electrons. The summed E-state index contributed by atoms with van der Waals surface area (Å²) >= 11 is 0. The van der Waals surface area contributed by atoms with Gasteiger partial charge in [0.15, 0.2) is 0 Å². The third kappa shape index (κ3) is 4.80. The van der Waals surface area contributed by atoms with E-state index in [2.05, 4.69) is 10.2 Å². The standard InChI is InChI=1S/C23H27N3O4/c27-22(24-18-6-8-19(9-7-18)26-10-12-30-13-11-26)20-15-25(16-21(20)23(28)29)14-17-4-2-1-3-5-17/h1-9,20-21H,10-16H2,(H,24,27)(H,28,29)/t20-,21+/m0/s1. The second-order valence-corrected chi connectivity index (χ2v) is 7.87. The van der Waals surface area contributed by atoms with Gasteiger partial charge in [-0.3, -0.25) is 14.5 Å². The van der Waals surface area contributed by atoms with Crippen LogP contribution in [0.25, 0.3) is 0 Å². The topological polar surface area (TPSA) is 82.1 Å². The second kappa shape index (κ2) is 9.28. The Balaban J connectivity index is 1.39. The van der Waals surface area contributed by atoms with E-state index in [0.29, 0.717) is 25.3 Å². The van der Waals surface area contributed by atoms with Crippen LogP contribution in [-0.4, -0.2) is 61.3 Å². The Labute approximate surface area is 176 Å². The number of aliphatic carboxylic acids is 1. The zero-order chi connectivity index (χ0) is 20.9. The van der Waals surface area contributed by atoms with Gasteiger partial charge in [-0.2, -0.15) is 0 Å². The van der Waals surface area contributed by atoms with Crippen LogP contribution in [-0.2, 0) is 20.9 Å². The molecule has 30 heavy (non-hydrogen) atoms. The van der Waals surface area contributed by atoms with E-state index in [1.165, 1.54) is 0 Å². The highest BCUT2D eigenvalue weighted by molar-refractivity contribution is 5.95. The fourth-order valence-corrected chi connectivity index (χ4v) is 4.18. The number of nitrogens with one attached hydrogen (secondary N) is 1. The maximum atomic E-state index is 12.9. The van der Waals surface area contributed by atoms with Gasteiger partial charge in [-0.25, -0.2) is 0 Å². The van der Waals surface area contributed by atoms with Crippen molar-refractivity contribution < 1.29 is 19.4 Å². The number of nitrogens with zero attached hydrogens (tertiary/aromatic N) is 2. The molecule has 2 aliphatic rings. The summed E-state index contributed by atoms with van der Waals surface area (Å²) in [5.74, 6) is -2.45. The lowest BCUT2D eigenvalue weighted by atomic mass is 9.95. The summed E-state index contributed by atoms with van der Waals surface area (Å²) in [4.78, 5) is 28.9. The van der Waals surface area contributed by atoms with Gasteiger partial charge >= 0.3 is 5.97 Å². The van der Waals surface area contributed by atoms with Crippen LogP contribution in [0, 0.1) is 11.8 Å². The molecule has 2 aromatic rings. The first-order valence-electron chi connectivity index (χ1n) is 10.3. The molecule has 0 spiro atoms. The van der Waals surface area contributed by atoms with E-state index in [0.717, 1.165) is 37.6 Å². The van der Waals surface area contributed by atoms with Crippen LogP contribution >= 0.6 is 0 Å². The summed E-state index contributed by atoms with van der Waals surface area (Å²) in [5.41, 5.74) is 2.89. The summed E-state index contributed by atoms with van der Waals surface area (Å²) in [5, 5.41) is 12.6. The number of hydrogen-bond acceptors (Lipinski definition) is 5. The summed E-state index contributed by atoms with van der Waals surface area (Å²) in [6, 6.07) is 17.6. The number of anilines is 2. The van der Waals surface area contributed by atoms with Gasteiger partial charge in [0.1, 0.15) is 0 Å². The number of carbonyl (C=O) groups excluding carboxylic acids is 1. The Bertz CT molecular complexity index is 866. The Morgan fingerprint density at radius 1 is 0.967 bits per heavy atom. The van der Waals surface area contributed by atoms with E-state index in [-0.39, 0.29) is 5.91 Å². The molecule has 7 nitrogen and oxygen atoms in total. The molecule has 2 aromatic carbocycles. The Hall–Kier alpha value is -2.90. The summed E-state index contributed by atoms with van der Waals surface area (Å²) < 4.78 is 5.38. The van der Waals surface area contributed by atoms with E-state index in [1.54, 1.807) is 0 Å². The van der Waals surface area contributed by atoms with Crippen molar-refractivity contribution in [2.45, 2.75) is 6.54 Å². The molecule has 0 bridgehead atoms. The molecule has 158 valence electrons. The van der Waals surface area contributed by atoms with E-state index < -0.39 is 17.8 Å². The second-order valence-electron chi connectivity index (χ2n) is 7.87. The summed E-state index contributed by atoms with van der Waals surface area (Å²) in [7, 11) is 0. The predicted molar refractivity (Wildman–Crippen MR) is 114 cm³/mol. The lowest BCUT2D eigenvalue weighted by Crippen LogP contribution is -2.36. The molecule has 1 amide bonds. The summed E-state index contributed by atoms with van der Waals surface area (Å²) in [6.45, 7) is 4.59. The van der Waals surface area contributed by atoms with Crippen molar-refractivity contribution in [1.29, 1.82) is 0 Å². The first kappa shape index (κ1) is 20.4. The molecule has 2 atom stereocenters. The molecule has 2 fully saturated rings. The first-order chi connectivity index (χ1) is 14.6. The van der Waals surface area contributed by atoms with Gasteiger partial charge < -0.3 is 20.1 Å². The number of rotatable bonds is 6. The van der Waals surface area contributed by atoms with E-state index in [9.17, 15) is 14.7 Å². The molecule has 0 saturated carbocycles. The highest BCUT2D eigenvalue weighted by Gasteiger charge is 2.41. The highest BCUT2D eigenvalue weighted by Crippen LogP contribution is 2.27. The maximum Gasteiger partial charge on any atom is 0.308 e. The van der Waals surface area contributed by atoms with Crippen LogP contribution in [0.2, 0.25) is 0 Å². The largest absolute Gasteiger partial charge is 0.481 e. The quantitative estimate of drug-likeness (QED) is 0.762. The van der Waals surface area contributed by atoms with Gasteiger partial charge in [-0.15, -0.1) is 0 Å². The van der Waals surface area contributed by atoms with Crippen molar-refractivity contribution in [1.82, 2.24) is 4.90 Å². The van der Waals surface area contributed by atoms with Crippen LogP contribution in [0.15, 0.2) is 54.6 Å². The Kier molecular flexibility index (Phi) is 6.30. The number of carboxylic acid groups (broad SMARTS) is 1. The van der Waals surface area contributed by atoms with Crippen molar-refractivity contribution in [2.75, 3.05) is 49.6 Å². The van der Waals surface area contributed by atoms with Crippen LogP contribution in [0.3, 0.4) is 0 Å². The molecule has 0 aromatic heterocycles. The monoisotopic (exact) mass is 409 g/mol. The van der Waals surface area contributed by atoms with E-state index >= 15 is 0 Å². The minimum Gasteiger partial charge on any atom is -0.481 e. The number of morpholine rings is 1. The molecule has 2 saturated heterocycles. The summed E-state index contributed by atoms with van der Waals surface area (Å²) in [6.07, 6.45) is 0. The highest BCUT2D eigenvalue weighted by atomic mass is 16.5. The van der Waals surface area contributed by atoms with Crippen LogP contribution in [0.5, 0.6) is 0 Å². The normalized spacial score (nSPS) is 22.1. The fraction of sp³-hybridized carbons (Fsp3) is 0.391. The third-order valence-corrected chi connectivity index (χ3v) is 5.81. The fourth-order valence-electron chi connectivity index (χ4n) is 4.18. The van der Waals surface area contributed by atoms with E-state index in [4.69, 9.17) is 4.74 Å². The number of hydrogen-bond donors (Lipinski definition) is 2. The number of carbonyl (C=O) groups is 2. The van der Waals surface area contributed by atoms with Crippen LogP contribution < -0.4 is 10.2 Å². The van der Waals surface area contributed by atoms with Gasteiger partial charge in [0.05, 0.1) is 25.0 Å². The van der Waals surface area contributed by atoms with Crippen molar-refractivity contribution in [3.8, 4) is 0 Å². The number of amides is 1. The molecule has 2 aliphatic heterocycles. The van der Waals surface area contributed by atoms with Crippen LogP contribution in [0.4, 0.5) is 11.4 Å². The predicted octanol–water partition coefficient (Wildman–Crippen LogP) is 2.29. The Morgan fingerprint density at radius 2 is 1.63 bits per heavy atom. The average Bonchev–Trinajstić information content (AvgIpc) is 3.20. The zero-order valence-corrected chi connectivity index (χ0v) is 16.9. The molecule has 4 rings (SSSR count). The molecular formula is C23H27N3O4. The van der Waals surface area contributed by atoms with Crippen molar-refractivity contribution in [2.24, 2.45) is 11.8 Å².